The fourth-order valence-electron chi connectivity index (χ4n) is 3.00. The number of ether oxygens (including phenoxy) is 1. The summed E-state index contributed by atoms with van der Waals surface area (Å²) in [5.41, 5.74) is 2.40. The Morgan fingerprint density at radius 2 is 2.20 bits per heavy atom. The van der Waals surface area contributed by atoms with Gasteiger partial charge in [0, 0.05) is 24.9 Å². The molecule has 0 saturated heterocycles. The molecule has 2 aliphatic rings. The normalized spacial score (nSPS) is 27.9. The van der Waals surface area contributed by atoms with Crippen LogP contribution in [0.2, 0.25) is 0 Å². The first-order valence-electron chi connectivity index (χ1n) is 7.50. The average Bonchev–Trinajstić information content (AvgIpc) is 2.44. The van der Waals surface area contributed by atoms with E-state index < -0.39 is 0 Å². The van der Waals surface area contributed by atoms with Gasteiger partial charge in [0.25, 0.3) is 0 Å². The standard InChI is InChI=1S/C16H22N2O2/c1-2-20-14-8-13(9-14)18-16(19)12-7-11-5-3-4-6-15(11)17-10-12/h3-6,12-14,17H,2,7-10H2,1H3,(H,18,19). The second-order valence-electron chi connectivity index (χ2n) is 5.69. The Bertz CT molecular complexity index is 483. The second kappa shape index (κ2) is 5.83. The van der Waals surface area contributed by atoms with Crippen LogP contribution in [0.15, 0.2) is 24.3 Å². The van der Waals surface area contributed by atoms with Gasteiger partial charge in [-0.3, -0.25) is 4.79 Å². The van der Waals surface area contributed by atoms with Crippen molar-refractivity contribution in [3.05, 3.63) is 29.8 Å². The molecule has 1 saturated carbocycles. The second-order valence-corrected chi connectivity index (χ2v) is 5.69. The first-order chi connectivity index (χ1) is 9.76. The molecule has 4 nitrogen and oxygen atoms in total. The van der Waals surface area contributed by atoms with Crippen LogP contribution in [0.1, 0.15) is 25.3 Å². The number of carbonyl (C=O) groups excluding carboxylic acids is 1. The number of rotatable bonds is 4. The number of carbonyl (C=O) groups is 1. The van der Waals surface area contributed by atoms with Gasteiger partial charge in [0.2, 0.25) is 5.91 Å². The summed E-state index contributed by atoms with van der Waals surface area (Å²) >= 11 is 0. The summed E-state index contributed by atoms with van der Waals surface area (Å²) < 4.78 is 5.52. The quantitative estimate of drug-likeness (QED) is 0.882. The summed E-state index contributed by atoms with van der Waals surface area (Å²) in [4.78, 5) is 12.3. The molecular formula is C16H22N2O2. The topological polar surface area (TPSA) is 50.4 Å². The molecule has 1 unspecified atom stereocenters. The minimum Gasteiger partial charge on any atom is -0.384 e. The third kappa shape index (κ3) is 2.80. The fourth-order valence-corrected chi connectivity index (χ4v) is 3.00. The van der Waals surface area contributed by atoms with Crippen molar-refractivity contribution < 1.29 is 9.53 Å². The molecule has 108 valence electrons. The highest BCUT2D eigenvalue weighted by Crippen LogP contribution is 2.26. The van der Waals surface area contributed by atoms with E-state index in [2.05, 4.69) is 22.8 Å². The number of hydrogen-bond acceptors (Lipinski definition) is 3. The average molecular weight is 274 g/mol. The van der Waals surface area contributed by atoms with E-state index in [0.29, 0.717) is 12.1 Å². The number of nitrogens with one attached hydrogen (secondary N) is 2. The predicted octanol–water partition coefficient (Wildman–Crippen LogP) is 1.95. The van der Waals surface area contributed by atoms with E-state index in [0.717, 1.165) is 38.1 Å². The van der Waals surface area contributed by atoms with Gasteiger partial charge in [0.05, 0.1) is 12.0 Å². The van der Waals surface area contributed by atoms with Crippen LogP contribution < -0.4 is 10.6 Å². The highest BCUT2D eigenvalue weighted by molar-refractivity contribution is 5.81. The van der Waals surface area contributed by atoms with Crippen molar-refractivity contribution >= 4 is 11.6 Å². The monoisotopic (exact) mass is 274 g/mol. The summed E-state index contributed by atoms with van der Waals surface area (Å²) in [6.07, 6.45) is 3.08. The highest BCUT2D eigenvalue weighted by atomic mass is 16.5. The largest absolute Gasteiger partial charge is 0.384 e. The summed E-state index contributed by atoms with van der Waals surface area (Å²) in [5, 5.41) is 6.49. The summed E-state index contributed by atoms with van der Waals surface area (Å²) in [7, 11) is 0. The van der Waals surface area contributed by atoms with Gasteiger partial charge in [-0.1, -0.05) is 18.2 Å². The number of anilines is 1. The van der Waals surface area contributed by atoms with Crippen LogP contribution in [0.4, 0.5) is 5.69 Å². The van der Waals surface area contributed by atoms with Crippen molar-refractivity contribution in [3.8, 4) is 0 Å². The molecule has 1 heterocycles. The number of benzene rings is 1. The molecule has 1 amide bonds. The van der Waals surface area contributed by atoms with E-state index in [1.807, 2.05) is 19.1 Å². The third-order valence-corrected chi connectivity index (χ3v) is 4.24. The molecule has 1 aliphatic carbocycles. The molecule has 1 atom stereocenters. The molecule has 0 radical (unpaired) electrons. The minimum absolute atomic E-state index is 0.0380. The van der Waals surface area contributed by atoms with E-state index in [1.54, 1.807) is 0 Å². The zero-order valence-corrected chi connectivity index (χ0v) is 11.9. The van der Waals surface area contributed by atoms with E-state index in [9.17, 15) is 4.79 Å². The molecule has 0 aromatic heterocycles. The van der Waals surface area contributed by atoms with Crippen molar-refractivity contribution in [2.75, 3.05) is 18.5 Å². The van der Waals surface area contributed by atoms with Crippen LogP contribution in [-0.4, -0.2) is 31.2 Å². The lowest BCUT2D eigenvalue weighted by Crippen LogP contribution is -2.51. The summed E-state index contributed by atoms with van der Waals surface area (Å²) in [6.45, 7) is 3.50. The number of amides is 1. The molecule has 4 heteroatoms. The molecule has 0 spiro atoms. The maximum atomic E-state index is 12.3. The SMILES string of the molecule is CCOC1CC(NC(=O)C2CNc3ccccc3C2)C1. The van der Waals surface area contributed by atoms with Crippen molar-refractivity contribution in [2.24, 2.45) is 5.92 Å². The first kappa shape index (κ1) is 13.4. The van der Waals surface area contributed by atoms with E-state index in [-0.39, 0.29) is 11.8 Å². The zero-order chi connectivity index (χ0) is 13.9. The van der Waals surface area contributed by atoms with E-state index in [1.165, 1.54) is 5.56 Å². The Labute approximate surface area is 119 Å². The molecule has 1 aliphatic heterocycles. The van der Waals surface area contributed by atoms with Crippen LogP contribution >= 0.6 is 0 Å². The van der Waals surface area contributed by atoms with Crippen LogP contribution in [0.5, 0.6) is 0 Å². The van der Waals surface area contributed by atoms with Gasteiger partial charge < -0.3 is 15.4 Å². The van der Waals surface area contributed by atoms with Gasteiger partial charge in [0.15, 0.2) is 0 Å². The Morgan fingerprint density at radius 3 is 3.00 bits per heavy atom. The predicted molar refractivity (Wildman–Crippen MR) is 78.7 cm³/mol. The van der Waals surface area contributed by atoms with Crippen molar-refractivity contribution in [1.29, 1.82) is 0 Å². The Balaban J connectivity index is 1.50. The molecule has 3 rings (SSSR count). The van der Waals surface area contributed by atoms with Crippen LogP contribution in [0.3, 0.4) is 0 Å². The lowest BCUT2D eigenvalue weighted by Gasteiger charge is -2.36. The Hall–Kier alpha value is -1.55. The molecule has 0 bridgehead atoms. The number of hydrogen-bond donors (Lipinski definition) is 2. The van der Waals surface area contributed by atoms with Gasteiger partial charge in [-0.15, -0.1) is 0 Å². The number of para-hydroxylation sites is 1. The fraction of sp³-hybridized carbons (Fsp3) is 0.562. The van der Waals surface area contributed by atoms with Gasteiger partial charge >= 0.3 is 0 Å². The van der Waals surface area contributed by atoms with Crippen molar-refractivity contribution in [1.82, 2.24) is 5.32 Å². The third-order valence-electron chi connectivity index (χ3n) is 4.24. The minimum atomic E-state index is 0.0380. The lowest BCUT2D eigenvalue weighted by molar-refractivity contribution is -0.127. The highest BCUT2D eigenvalue weighted by Gasteiger charge is 2.33. The van der Waals surface area contributed by atoms with Crippen LogP contribution in [-0.2, 0) is 16.0 Å². The van der Waals surface area contributed by atoms with Gasteiger partial charge in [-0.25, -0.2) is 0 Å². The van der Waals surface area contributed by atoms with Crippen LogP contribution in [0, 0.1) is 5.92 Å². The first-order valence-corrected chi connectivity index (χ1v) is 7.50. The maximum absolute atomic E-state index is 12.3. The molecule has 1 aromatic carbocycles. The molecular weight excluding hydrogens is 252 g/mol. The van der Waals surface area contributed by atoms with E-state index in [4.69, 9.17) is 4.74 Å². The van der Waals surface area contributed by atoms with Gasteiger partial charge in [0.1, 0.15) is 0 Å². The summed E-state index contributed by atoms with van der Waals surface area (Å²) in [6, 6.07) is 8.52. The zero-order valence-electron chi connectivity index (χ0n) is 11.9. The smallest absolute Gasteiger partial charge is 0.225 e. The van der Waals surface area contributed by atoms with Gasteiger partial charge in [-0.05, 0) is 37.8 Å². The molecule has 1 fully saturated rings. The Morgan fingerprint density at radius 1 is 1.40 bits per heavy atom. The summed E-state index contributed by atoms with van der Waals surface area (Å²) in [5.74, 6) is 0.211. The van der Waals surface area contributed by atoms with Crippen molar-refractivity contribution in [2.45, 2.75) is 38.3 Å². The van der Waals surface area contributed by atoms with Gasteiger partial charge in [-0.2, -0.15) is 0 Å². The van der Waals surface area contributed by atoms with Crippen LogP contribution in [0.25, 0.3) is 0 Å². The molecule has 1 aromatic rings. The van der Waals surface area contributed by atoms with Crippen molar-refractivity contribution in [3.63, 3.8) is 0 Å². The Kier molecular flexibility index (Phi) is 3.92. The maximum Gasteiger partial charge on any atom is 0.225 e. The number of fused-ring (bicyclic) bond motifs is 1. The van der Waals surface area contributed by atoms with E-state index >= 15 is 0 Å². The molecule has 20 heavy (non-hydrogen) atoms. The molecule has 2 N–H and O–H groups in total. The lowest BCUT2D eigenvalue weighted by atomic mass is 9.87.